The van der Waals surface area contributed by atoms with Crippen molar-refractivity contribution in [3.63, 3.8) is 0 Å². The average molecular weight is 432 g/mol. The van der Waals surface area contributed by atoms with Crippen LogP contribution in [0.4, 0.5) is 0 Å². The van der Waals surface area contributed by atoms with Gasteiger partial charge in [-0.05, 0) is 36.3 Å². The summed E-state index contributed by atoms with van der Waals surface area (Å²) in [5.41, 5.74) is 2.41. The number of hydrogen-bond donors (Lipinski definition) is 2. The Morgan fingerprint density at radius 2 is 1.93 bits per heavy atom. The number of Topliss-reactive ketones (excluding diaryl/α,β-unsaturated/α-hetero) is 1. The Balaban J connectivity index is 1.59. The Labute approximate surface area is 177 Å². The van der Waals surface area contributed by atoms with Crippen LogP contribution in [0.2, 0.25) is 10.0 Å². The van der Waals surface area contributed by atoms with Crippen LogP contribution in [0.25, 0.3) is 11.0 Å². The van der Waals surface area contributed by atoms with Crippen LogP contribution in [0, 0.1) is 0 Å². The summed E-state index contributed by atoms with van der Waals surface area (Å²) in [6.45, 7) is 5.52. The van der Waals surface area contributed by atoms with E-state index < -0.39 is 0 Å². The summed E-state index contributed by atoms with van der Waals surface area (Å²) < 4.78 is 5.46. The summed E-state index contributed by atoms with van der Waals surface area (Å²) in [7, 11) is 0. The summed E-state index contributed by atoms with van der Waals surface area (Å²) in [5.74, 6) is 0.237. The molecule has 0 unspecified atom stereocenters. The lowest BCUT2D eigenvalue weighted by molar-refractivity contribution is -0.123. The molecule has 150 valence electrons. The molecule has 0 aliphatic rings. The van der Waals surface area contributed by atoms with Gasteiger partial charge in [-0.3, -0.25) is 9.59 Å². The summed E-state index contributed by atoms with van der Waals surface area (Å²) in [5, 5.41) is 2.87. The number of hydrogen-bond acceptors (Lipinski definition) is 4. The van der Waals surface area contributed by atoms with E-state index in [9.17, 15) is 9.59 Å². The molecule has 29 heavy (non-hydrogen) atoms. The smallest absolute Gasteiger partial charge is 0.258 e. The maximum absolute atomic E-state index is 12.3. The number of aromatic nitrogens is 2. The number of ketones is 1. The van der Waals surface area contributed by atoms with Gasteiger partial charge in [0.25, 0.3) is 5.91 Å². The zero-order chi connectivity index (χ0) is 21.0. The highest BCUT2D eigenvalue weighted by molar-refractivity contribution is 6.45. The first-order valence-corrected chi connectivity index (χ1v) is 9.70. The fourth-order valence-electron chi connectivity index (χ4n) is 2.64. The number of carbonyl (C=O) groups is 2. The number of amides is 1. The van der Waals surface area contributed by atoms with Crippen LogP contribution in [-0.4, -0.2) is 28.3 Å². The molecule has 1 heterocycles. The molecular weight excluding hydrogens is 413 g/mol. The van der Waals surface area contributed by atoms with Gasteiger partial charge in [0, 0.05) is 5.56 Å². The van der Waals surface area contributed by atoms with Gasteiger partial charge in [0.15, 0.2) is 12.4 Å². The van der Waals surface area contributed by atoms with E-state index in [0.29, 0.717) is 17.8 Å². The number of fused-ring (bicyclic) bond motifs is 1. The van der Waals surface area contributed by atoms with Crippen LogP contribution in [0.5, 0.6) is 5.75 Å². The van der Waals surface area contributed by atoms with E-state index in [0.717, 1.165) is 11.0 Å². The van der Waals surface area contributed by atoms with E-state index in [-0.39, 0.29) is 46.2 Å². The molecule has 2 N–H and O–H groups in total. The van der Waals surface area contributed by atoms with Crippen molar-refractivity contribution in [1.82, 2.24) is 15.3 Å². The first-order chi connectivity index (χ1) is 13.9. The fourth-order valence-corrected chi connectivity index (χ4v) is 3.10. The topological polar surface area (TPSA) is 84.1 Å². The molecule has 0 saturated heterocycles. The van der Waals surface area contributed by atoms with E-state index in [1.165, 1.54) is 12.1 Å². The molecule has 2 aromatic carbocycles. The molecule has 1 amide bonds. The second-order valence-electron chi connectivity index (χ2n) is 6.29. The van der Waals surface area contributed by atoms with Gasteiger partial charge < -0.3 is 15.0 Å². The Kier molecular flexibility index (Phi) is 6.56. The highest BCUT2D eigenvalue weighted by Crippen LogP contribution is 2.35. The molecule has 0 fully saturated rings. The third-order valence-corrected chi connectivity index (χ3v) is 5.15. The number of benzene rings is 2. The number of allylic oxidation sites excluding steroid dienone is 1. The van der Waals surface area contributed by atoms with Crippen molar-refractivity contribution in [2.75, 3.05) is 6.61 Å². The maximum atomic E-state index is 12.3. The number of rotatable bonds is 8. The van der Waals surface area contributed by atoms with E-state index in [2.05, 4.69) is 21.9 Å². The van der Waals surface area contributed by atoms with E-state index in [1.807, 2.05) is 31.2 Å². The lowest BCUT2D eigenvalue weighted by Gasteiger charge is -2.12. The molecule has 1 aromatic heterocycles. The van der Waals surface area contributed by atoms with Gasteiger partial charge in [0.1, 0.15) is 16.6 Å². The first-order valence-electron chi connectivity index (χ1n) is 8.94. The van der Waals surface area contributed by atoms with Crippen molar-refractivity contribution in [2.24, 2.45) is 0 Å². The average Bonchev–Trinajstić information content (AvgIpc) is 3.15. The molecule has 0 radical (unpaired) electrons. The summed E-state index contributed by atoms with van der Waals surface area (Å²) in [6.07, 6.45) is 0.510. The van der Waals surface area contributed by atoms with Crippen molar-refractivity contribution < 1.29 is 14.3 Å². The van der Waals surface area contributed by atoms with Crippen molar-refractivity contribution >= 4 is 45.9 Å². The van der Waals surface area contributed by atoms with Gasteiger partial charge in [0.05, 0.1) is 22.6 Å². The first kappa shape index (κ1) is 20.9. The van der Waals surface area contributed by atoms with Crippen molar-refractivity contribution in [1.29, 1.82) is 0 Å². The second-order valence-corrected chi connectivity index (χ2v) is 7.05. The highest BCUT2D eigenvalue weighted by atomic mass is 35.5. The number of imidazole rings is 1. The number of halogens is 2. The van der Waals surface area contributed by atoms with Gasteiger partial charge >= 0.3 is 0 Å². The molecule has 6 nitrogen and oxygen atoms in total. The summed E-state index contributed by atoms with van der Waals surface area (Å²) in [6, 6.07) is 10.6. The number of para-hydroxylation sites is 2. The minimum atomic E-state index is -0.350. The van der Waals surface area contributed by atoms with Crippen molar-refractivity contribution in [2.45, 2.75) is 19.9 Å². The Bertz CT molecular complexity index is 1060. The molecule has 0 saturated carbocycles. The number of nitrogens with one attached hydrogen (secondary N) is 2. The van der Waals surface area contributed by atoms with E-state index in [1.54, 1.807) is 0 Å². The van der Waals surface area contributed by atoms with Crippen LogP contribution in [0.1, 0.15) is 29.5 Å². The Morgan fingerprint density at radius 3 is 2.66 bits per heavy atom. The highest BCUT2D eigenvalue weighted by Gasteiger charge is 2.18. The van der Waals surface area contributed by atoms with Crippen molar-refractivity contribution in [3.8, 4) is 5.75 Å². The standard InChI is InChI=1S/C21H19Cl2N3O3/c1-3-12(2)21(28)13-8-9-16(20(23)19(13)22)29-11-18(27)24-10-17-25-14-6-4-5-7-15(14)26-17/h4-9H,2-3,10-11H2,1H3,(H,24,27)(H,25,26). The van der Waals surface area contributed by atoms with Gasteiger partial charge in [-0.15, -0.1) is 0 Å². The van der Waals surface area contributed by atoms with Gasteiger partial charge in [-0.1, -0.05) is 48.8 Å². The molecule has 3 aromatic rings. The lowest BCUT2D eigenvalue weighted by Crippen LogP contribution is -2.28. The summed E-state index contributed by atoms with van der Waals surface area (Å²) >= 11 is 12.4. The molecule has 0 aliphatic heterocycles. The predicted molar refractivity (Wildman–Crippen MR) is 114 cm³/mol. The summed E-state index contributed by atoms with van der Waals surface area (Å²) in [4.78, 5) is 31.9. The normalized spacial score (nSPS) is 10.7. The molecule has 8 heteroatoms. The monoisotopic (exact) mass is 431 g/mol. The van der Waals surface area contributed by atoms with Crippen LogP contribution in [0.15, 0.2) is 48.6 Å². The van der Waals surface area contributed by atoms with Crippen LogP contribution in [-0.2, 0) is 11.3 Å². The molecule has 0 bridgehead atoms. The molecule has 0 atom stereocenters. The second kappa shape index (κ2) is 9.11. The molecular formula is C21H19Cl2N3O3. The minimum Gasteiger partial charge on any atom is -0.482 e. The molecule has 3 rings (SSSR count). The van der Waals surface area contributed by atoms with Crippen LogP contribution in [0.3, 0.4) is 0 Å². The van der Waals surface area contributed by atoms with Crippen molar-refractivity contribution in [3.05, 3.63) is 70.0 Å². The number of carbonyl (C=O) groups excluding carboxylic acids is 2. The third kappa shape index (κ3) is 4.78. The van der Waals surface area contributed by atoms with E-state index >= 15 is 0 Å². The molecule has 0 aliphatic carbocycles. The minimum absolute atomic E-state index is 0.0754. The Hall–Kier alpha value is -2.83. The molecule has 0 spiro atoms. The Morgan fingerprint density at radius 1 is 1.17 bits per heavy atom. The zero-order valence-corrected chi connectivity index (χ0v) is 17.2. The SMILES string of the molecule is C=C(CC)C(=O)c1ccc(OCC(=O)NCc2nc3ccccc3[nH]2)c(Cl)c1Cl. The van der Waals surface area contributed by atoms with Gasteiger partial charge in [0.2, 0.25) is 0 Å². The number of aromatic amines is 1. The van der Waals surface area contributed by atoms with Crippen LogP contribution < -0.4 is 10.1 Å². The van der Waals surface area contributed by atoms with E-state index in [4.69, 9.17) is 27.9 Å². The predicted octanol–water partition coefficient (Wildman–Crippen LogP) is 4.71. The zero-order valence-electron chi connectivity index (χ0n) is 15.7. The lowest BCUT2D eigenvalue weighted by atomic mass is 10.0. The van der Waals surface area contributed by atoms with Gasteiger partial charge in [-0.25, -0.2) is 4.98 Å². The number of H-pyrrole nitrogens is 1. The number of ether oxygens (including phenoxy) is 1. The third-order valence-electron chi connectivity index (χ3n) is 4.29. The largest absolute Gasteiger partial charge is 0.482 e. The maximum Gasteiger partial charge on any atom is 0.258 e. The fraction of sp³-hybridized carbons (Fsp3) is 0.190. The van der Waals surface area contributed by atoms with Crippen LogP contribution >= 0.6 is 23.2 Å². The quantitative estimate of drug-likeness (QED) is 0.399. The number of nitrogens with zero attached hydrogens (tertiary/aromatic N) is 1. The van der Waals surface area contributed by atoms with Gasteiger partial charge in [-0.2, -0.15) is 0 Å².